The van der Waals surface area contributed by atoms with Crippen molar-refractivity contribution in [2.24, 2.45) is 5.92 Å². The maximum atomic E-state index is 14.0. The van der Waals surface area contributed by atoms with E-state index < -0.39 is 11.6 Å². The van der Waals surface area contributed by atoms with Crippen LogP contribution >= 0.6 is 24.0 Å². The number of rotatable bonds is 3. The van der Waals surface area contributed by atoms with Gasteiger partial charge in [-0.05, 0) is 41.7 Å². The number of carbonyl (C=O) groups is 1. The minimum absolute atomic E-state index is 0. The third-order valence-electron chi connectivity index (χ3n) is 5.25. The fourth-order valence-corrected chi connectivity index (χ4v) is 4.01. The van der Waals surface area contributed by atoms with E-state index in [-0.39, 0.29) is 36.2 Å². The monoisotopic (exact) mass is 412 g/mol. The molecule has 3 unspecified atom stereocenters. The first-order valence-corrected chi connectivity index (χ1v) is 9.14. The summed E-state index contributed by atoms with van der Waals surface area (Å²) >= 11 is 6.10. The Balaban J connectivity index is 0.00000210. The van der Waals surface area contributed by atoms with Crippen LogP contribution in [-0.4, -0.2) is 30.4 Å². The smallest absolute Gasteiger partial charge is 0.226 e. The molecule has 1 N–H and O–H groups in total. The Labute approximate surface area is 168 Å². The van der Waals surface area contributed by atoms with Gasteiger partial charge in [-0.2, -0.15) is 0 Å². The number of benzene rings is 2. The normalized spacial score (nSPS) is 24.3. The first-order chi connectivity index (χ1) is 12.6. The lowest BCUT2D eigenvalue weighted by Crippen LogP contribution is -2.49. The van der Waals surface area contributed by atoms with E-state index in [0.717, 1.165) is 11.6 Å². The number of piperazine rings is 1. The highest BCUT2D eigenvalue weighted by Crippen LogP contribution is 2.50. The molecule has 1 aliphatic carbocycles. The molecule has 144 valence electrons. The lowest BCUT2D eigenvalue weighted by atomic mass is 10.0. The third-order valence-corrected chi connectivity index (χ3v) is 5.48. The van der Waals surface area contributed by atoms with Gasteiger partial charge in [0.1, 0.15) is 0 Å². The van der Waals surface area contributed by atoms with Crippen LogP contribution in [0.3, 0.4) is 0 Å². The van der Waals surface area contributed by atoms with Crippen LogP contribution in [0, 0.1) is 17.6 Å². The maximum absolute atomic E-state index is 14.0. The molecule has 1 saturated heterocycles. The zero-order valence-corrected chi connectivity index (χ0v) is 16.1. The molecule has 2 aromatic rings. The Hall–Kier alpha value is -1.69. The summed E-state index contributed by atoms with van der Waals surface area (Å²) in [5.74, 6) is -2.22. The molecule has 0 spiro atoms. The van der Waals surface area contributed by atoms with Crippen molar-refractivity contribution in [1.29, 1.82) is 0 Å². The van der Waals surface area contributed by atoms with E-state index in [1.54, 1.807) is 12.1 Å². The first-order valence-electron chi connectivity index (χ1n) is 8.77. The van der Waals surface area contributed by atoms with E-state index in [9.17, 15) is 13.6 Å². The maximum Gasteiger partial charge on any atom is 0.226 e. The third kappa shape index (κ3) is 3.96. The van der Waals surface area contributed by atoms with Gasteiger partial charge in [-0.3, -0.25) is 4.79 Å². The first kappa shape index (κ1) is 20.1. The van der Waals surface area contributed by atoms with Crippen LogP contribution in [0.15, 0.2) is 42.5 Å². The SMILES string of the molecule is Cl.O=C(C1CC1c1cccc(F)c1F)N1CCNCC1c1cccc(Cl)c1. The van der Waals surface area contributed by atoms with Crippen molar-refractivity contribution in [3.05, 3.63) is 70.2 Å². The molecule has 27 heavy (non-hydrogen) atoms. The number of hydrogen-bond acceptors (Lipinski definition) is 2. The second-order valence-electron chi connectivity index (χ2n) is 6.90. The summed E-state index contributed by atoms with van der Waals surface area (Å²) in [7, 11) is 0. The Morgan fingerprint density at radius 2 is 1.96 bits per heavy atom. The van der Waals surface area contributed by atoms with Crippen LogP contribution in [-0.2, 0) is 4.79 Å². The van der Waals surface area contributed by atoms with Gasteiger partial charge in [-0.1, -0.05) is 35.9 Å². The van der Waals surface area contributed by atoms with Crippen molar-refractivity contribution in [2.75, 3.05) is 19.6 Å². The van der Waals surface area contributed by atoms with Crippen LogP contribution < -0.4 is 5.32 Å². The molecular weight excluding hydrogens is 393 g/mol. The quantitative estimate of drug-likeness (QED) is 0.813. The van der Waals surface area contributed by atoms with Crippen molar-refractivity contribution in [3.63, 3.8) is 0 Å². The molecule has 2 aliphatic rings. The van der Waals surface area contributed by atoms with Gasteiger partial charge in [0.25, 0.3) is 0 Å². The average Bonchev–Trinajstić information content (AvgIpc) is 3.44. The Morgan fingerprint density at radius 3 is 2.74 bits per heavy atom. The molecule has 3 nitrogen and oxygen atoms in total. The number of nitrogens with one attached hydrogen (secondary N) is 1. The Kier molecular flexibility index (Phi) is 6.04. The lowest BCUT2D eigenvalue weighted by molar-refractivity contribution is -0.136. The van der Waals surface area contributed by atoms with Gasteiger partial charge >= 0.3 is 0 Å². The number of carbonyl (C=O) groups excluding carboxylic acids is 1. The van der Waals surface area contributed by atoms with E-state index in [2.05, 4.69) is 5.32 Å². The van der Waals surface area contributed by atoms with Crippen LogP contribution in [0.1, 0.15) is 29.5 Å². The second kappa shape index (κ2) is 8.13. The van der Waals surface area contributed by atoms with Crippen LogP contribution in [0.5, 0.6) is 0 Å². The average molecular weight is 413 g/mol. The van der Waals surface area contributed by atoms with Crippen molar-refractivity contribution >= 4 is 29.9 Å². The van der Waals surface area contributed by atoms with E-state index >= 15 is 0 Å². The van der Waals surface area contributed by atoms with Crippen molar-refractivity contribution in [1.82, 2.24) is 10.2 Å². The fourth-order valence-electron chi connectivity index (χ4n) is 3.81. The Bertz CT molecular complexity index is 848. The minimum atomic E-state index is -0.862. The second-order valence-corrected chi connectivity index (χ2v) is 7.33. The summed E-state index contributed by atoms with van der Waals surface area (Å²) in [6.07, 6.45) is 0.561. The summed E-state index contributed by atoms with van der Waals surface area (Å²) < 4.78 is 27.5. The number of halogens is 4. The lowest BCUT2D eigenvalue weighted by Gasteiger charge is -2.37. The predicted octanol–water partition coefficient (Wildman–Crippen LogP) is 4.32. The van der Waals surface area contributed by atoms with Crippen LogP contribution in [0.4, 0.5) is 8.78 Å². The number of nitrogens with zero attached hydrogens (tertiary/aromatic N) is 1. The molecule has 3 atom stereocenters. The molecule has 7 heteroatoms. The van der Waals surface area contributed by atoms with Crippen molar-refractivity contribution in [2.45, 2.75) is 18.4 Å². The zero-order chi connectivity index (χ0) is 18.3. The van der Waals surface area contributed by atoms with E-state index in [4.69, 9.17) is 11.6 Å². The van der Waals surface area contributed by atoms with Gasteiger partial charge in [0.05, 0.1) is 6.04 Å². The summed E-state index contributed by atoms with van der Waals surface area (Å²) in [5, 5.41) is 3.94. The largest absolute Gasteiger partial charge is 0.333 e. The Morgan fingerprint density at radius 1 is 1.19 bits per heavy atom. The molecule has 0 radical (unpaired) electrons. The fraction of sp³-hybridized carbons (Fsp3) is 0.350. The molecule has 1 aliphatic heterocycles. The summed E-state index contributed by atoms with van der Waals surface area (Å²) in [6, 6.07) is 11.6. The topological polar surface area (TPSA) is 32.3 Å². The molecule has 0 bridgehead atoms. The molecule has 1 heterocycles. The molecule has 0 aromatic heterocycles. The highest BCUT2D eigenvalue weighted by molar-refractivity contribution is 6.30. The van der Waals surface area contributed by atoms with Crippen molar-refractivity contribution < 1.29 is 13.6 Å². The molecular formula is C20H20Cl2F2N2O. The van der Waals surface area contributed by atoms with E-state index in [1.165, 1.54) is 6.07 Å². The van der Waals surface area contributed by atoms with Gasteiger partial charge < -0.3 is 10.2 Å². The zero-order valence-electron chi connectivity index (χ0n) is 14.5. The van der Waals surface area contributed by atoms with Gasteiger partial charge in [0.15, 0.2) is 11.6 Å². The minimum Gasteiger partial charge on any atom is -0.333 e. The van der Waals surface area contributed by atoms with Gasteiger partial charge in [0.2, 0.25) is 5.91 Å². The highest BCUT2D eigenvalue weighted by atomic mass is 35.5. The van der Waals surface area contributed by atoms with Gasteiger partial charge in [0, 0.05) is 30.6 Å². The number of amides is 1. The van der Waals surface area contributed by atoms with Gasteiger partial charge in [-0.25, -0.2) is 8.78 Å². The predicted molar refractivity (Wildman–Crippen MR) is 103 cm³/mol. The van der Waals surface area contributed by atoms with Crippen molar-refractivity contribution in [3.8, 4) is 0 Å². The molecule has 1 amide bonds. The van der Waals surface area contributed by atoms with E-state index in [0.29, 0.717) is 36.6 Å². The standard InChI is InChI=1S/C20H19ClF2N2O.ClH/c21-13-4-1-3-12(9-13)18-11-24-7-8-25(18)20(26)16-10-15(16)14-5-2-6-17(22)19(14)23;/h1-6,9,15-16,18,24H,7-8,10-11H2;1H. The molecule has 2 aromatic carbocycles. The summed E-state index contributed by atoms with van der Waals surface area (Å²) in [5.41, 5.74) is 1.28. The van der Waals surface area contributed by atoms with Crippen LogP contribution in [0.25, 0.3) is 0 Å². The highest BCUT2D eigenvalue weighted by Gasteiger charge is 2.48. The molecule has 2 fully saturated rings. The molecule has 1 saturated carbocycles. The summed E-state index contributed by atoms with van der Waals surface area (Å²) in [4.78, 5) is 14.9. The summed E-state index contributed by atoms with van der Waals surface area (Å²) in [6.45, 7) is 1.96. The van der Waals surface area contributed by atoms with Crippen LogP contribution in [0.2, 0.25) is 5.02 Å². The molecule has 4 rings (SSSR count). The number of hydrogen-bond donors (Lipinski definition) is 1. The van der Waals surface area contributed by atoms with E-state index in [1.807, 2.05) is 23.1 Å². The van der Waals surface area contributed by atoms with Gasteiger partial charge in [-0.15, -0.1) is 12.4 Å².